The van der Waals surface area contributed by atoms with Gasteiger partial charge >= 0.3 is 0 Å². The fourth-order valence-corrected chi connectivity index (χ4v) is 3.77. The smallest absolute Gasteiger partial charge is 0.251 e. The second kappa shape index (κ2) is 6.27. The van der Waals surface area contributed by atoms with Gasteiger partial charge in [0.05, 0.1) is 0 Å². The van der Waals surface area contributed by atoms with Gasteiger partial charge in [0.2, 0.25) is 0 Å². The van der Waals surface area contributed by atoms with E-state index in [1.54, 1.807) is 6.08 Å². The van der Waals surface area contributed by atoms with Crippen LogP contribution in [-0.2, 0) is 4.79 Å². The molecule has 2 heteroatoms. The minimum atomic E-state index is -0.195. The fraction of sp³-hybridized carbons (Fsp3) is 0.318. The molecule has 0 radical (unpaired) electrons. The van der Waals surface area contributed by atoms with Gasteiger partial charge in [-0.3, -0.25) is 4.79 Å². The van der Waals surface area contributed by atoms with Crippen molar-refractivity contribution in [1.29, 1.82) is 0 Å². The van der Waals surface area contributed by atoms with Gasteiger partial charge in [0, 0.05) is 17.3 Å². The molecular weight excluding hydrogens is 294 g/mol. The molecule has 2 nitrogen and oxygen atoms in total. The third kappa shape index (κ3) is 3.14. The Morgan fingerprint density at radius 1 is 1.17 bits per heavy atom. The number of rotatable bonds is 2. The molecule has 1 aliphatic rings. The highest BCUT2D eigenvalue weighted by Gasteiger charge is 2.39. The summed E-state index contributed by atoms with van der Waals surface area (Å²) in [4.78, 5) is 14.9. The normalized spacial score (nSPS) is 19.3. The van der Waals surface area contributed by atoms with Crippen molar-refractivity contribution in [2.24, 2.45) is 0 Å². The lowest BCUT2D eigenvalue weighted by atomic mass is 9.79. The van der Waals surface area contributed by atoms with Crippen molar-refractivity contribution in [2.45, 2.75) is 45.6 Å². The van der Waals surface area contributed by atoms with E-state index in [0.717, 1.165) is 17.7 Å². The summed E-state index contributed by atoms with van der Waals surface area (Å²) in [6.07, 6.45) is 4.55. The monoisotopic (exact) mass is 319 g/mol. The SMILES string of the molecule is Cc1ccc2c(c1)C(C)CC(C)(C)N2C(=O)/C=C/c1ccccc1. The van der Waals surface area contributed by atoms with Gasteiger partial charge < -0.3 is 4.90 Å². The van der Waals surface area contributed by atoms with Crippen molar-refractivity contribution in [2.75, 3.05) is 4.90 Å². The van der Waals surface area contributed by atoms with Crippen LogP contribution in [0.4, 0.5) is 5.69 Å². The predicted molar refractivity (Wildman–Crippen MR) is 101 cm³/mol. The van der Waals surface area contributed by atoms with E-state index in [2.05, 4.69) is 45.9 Å². The summed E-state index contributed by atoms with van der Waals surface area (Å²) in [5.41, 5.74) is 4.41. The van der Waals surface area contributed by atoms with Crippen molar-refractivity contribution in [3.05, 3.63) is 71.3 Å². The molecule has 124 valence electrons. The molecule has 1 amide bonds. The highest BCUT2D eigenvalue weighted by Crippen LogP contribution is 2.43. The maximum atomic E-state index is 13.0. The van der Waals surface area contributed by atoms with Gasteiger partial charge in [-0.1, -0.05) is 55.0 Å². The van der Waals surface area contributed by atoms with Gasteiger partial charge in [-0.05, 0) is 56.4 Å². The number of carbonyl (C=O) groups excluding carboxylic acids is 1. The largest absolute Gasteiger partial charge is 0.303 e. The van der Waals surface area contributed by atoms with Crippen molar-refractivity contribution in [3.63, 3.8) is 0 Å². The van der Waals surface area contributed by atoms with Crippen molar-refractivity contribution < 1.29 is 4.79 Å². The van der Waals surface area contributed by atoms with Crippen LogP contribution >= 0.6 is 0 Å². The summed E-state index contributed by atoms with van der Waals surface area (Å²) < 4.78 is 0. The standard InChI is InChI=1S/C22H25NO/c1-16-10-12-20-19(14-16)17(2)15-22(3,4)23(20)21(24)13-11-18-8-6-5-7-9-18/h5-14,17H,15H2,1-4H3/b13-11+. The molecule has 0 saturated carbocycles. The van der Waals surface area contributed by atoms with Gasteiger partial charge in [0.15, 0.2) is 0 Å². The molecule has 0 saturated heterocycles. The fourth-order valence-electron chi connectivity index (χ4n) is 3.77. The highest BCUT2D eigenvalue weighted by molar-refractivity contribution is 6.05. The van der Waals surface area contributed by atoms with E-state index in [-0.39, 0.29) is 11.4 Å². The topological polar surface area (TPSA) is 20.3 Å². The summed E-state index contributed by atoms with van der Waals surface area (Å²) in [7, 11) is 0. The van der Waals surface area contributed by atoms with Gasteiger partial charge in [0.1, 0.15) is 0 Å². The molecule has 1 heterocycles. The van der Waals surface area contributed by atoms with Crippen LogP contribution in [0.15, 0.2) is 54.6 Å². The quantitative estimate of drug-likeness (QED) is 0.685. The Labute approximate surface area is 144 Å². The third-order valence-corrected chi connectivity index (χ3v) is 4.80. The summed E-state index contributed by atoms with van der Waals surface area (Å²) >= 11 is 0. The summed E-state index contributed by atoms with van der Waals surface area (Å²) in [6.45, 7) is 8.66. The second-order valence-electron chi connectivity index (χ2n) is 7.40. The van der Waals surface area contributed by atoms with Gasteiger partial charge in [-0.15, -0.1) is 0 Å². The Bertz CT molecular complexity index is 774. The summed E-state index contributed by atoms with van der Waals surface area (Å²) in [5.74, 6) is 0.498. The van der Waals surface area contributed by atoms with E-state index in [1.165, 1.54) is 11.1 Å². The minimum Gasteiger partial charge on any atom is -0.303 e. The molecule has 24 heavy (non-hydrogen) atoms. The van der Waals surface area contributed by atoms with E-state index in [0.29, 0.717) is 5.92 Å². The van der Waals surface area contributed by atoms with Crippen molar-refractivity contribution >= 4 is 17.7 Å². The molecule has 0 bridgehead atoms. The van der Waals surface area contributed by atoms with Crippen LogP contribution in [0.5, 0.6) is 0 Å². The summed E-state index contributed by atoms with van der Waals surface area (Å²) in [5, 5.41) is 0. The molecule has 0 N–H and O–H groups in total. The number of aryl methyl sites for hydroxylation is 1. The lowest BCUT2D eigenvalue weighted by Crippen LogP contribution is -2.51. The Morgan fingerprint density at radius 2 is 1.88 bits per heavy atom. The Balaban J connectivity index is 1.97. The zero-order valence-electron chi connectivity index (χ0n) is 14.9. The van der Waals surface area contributed by atoms with Crippen molar-refractivity contribution in [3.8, 4) is 0 Å². The first-order valence-corrected chi connectivity index (χ1v) is 8.56. The Morgan fingerprint density at radius 3 is 2.58 bits per heavy atom. The molecule has 0 aromatic heterocycles. The molecule has 1 unspecified atom stereocenters. The number of carbonyl (C=O) groups is 1. The number of benzene rings is 2. The van der Waals surface area contributed by atoms with Crippen molar-refractivity contribution in [1.82, 2.24) is 0 Å². The van der Waals surface area contributed by atoms with Gasteiger partial charge in [-0.2, -0.15) is 0 Å². The second-order valence-corrected chi connectivity index (χ2v) is 7.40. The first kappa shape index (κ1) is 16.5. The molecule has 3 rings (SSSR count). The maximum absolute atomic E-state index is 13.0. The molecule has 0 spiro atoms. The van der Waals surface area contributed by atoms with E-state index >= 15 is 0 Å². The average molecular weight is 319 g/mol. The molecule has 2 aromatic carbocycles. The Hall–Kier alpha value is -2.35. The zero-order valence-corrected chi connectivity index (χ0v) is 14.9. The number of nitrogens with zero attached hydrogens (tertiary/aromatic N) is 1. The average Bonchev–Trinajstić information content (AvgIpc) is 2.54. The molecule has 2 aromatic rings. The zero-order chi connectivity index (χ0) is 17.3. The summed E-state index contributed by atoms with van der Waals surface area (Å²) in [6, 6.07) is 16.4. The van der Waals surface area contributed by atoms with Crippen LogP contribution in [0, 0.1) is 6.92 Å². The van der Waals surface area contributed by atoms with E-state index < -0.39 is 0 Å². The number of hydrogen-bond donors (Lipinski definition) is 0. The van der Waals surface area contributed by atoms with E-state index in [9.17, 15) is 4.79 Å². The van der Waals surface area contributed by atoms with Crippen LogP contribution in [0.3, 0.4) is 0 Å². The van der Waals surface area contributed by atoms with Crippen LogP contribution in [0.2, 0.25) is 0 Å². The molecule has 0 fully saturated rings. The third-order valence-electron chi connectivity index (χ3n) is 4.80. The first-order valence-electron chi connectivity index (χ1n) is 8.56. The van der Waals surface area contributed by atoms with Crippen LogP contribution in [0.25, 0.3) is 6.08 Å². The molecule has 0 aliphatic carbocycles. The van der Waals surface area contributed by atoms with Gasteiger partial charge in [0.25, 0.3) is 5.91 Å². The highest BCUT2D eigenvalue weighted by atomic mass is 16.2. The maximum Gasteiger partial charge on any atom is 0.251 e. The minimum absolute atomic E-state index is 0.0425. The lowest BCUT2D eigenvalue weighted by Gasteiger charge is -2.45. The number of amides is 1. The molecule has 1 aliphatic heterocycles. The van der Waals surface area contributed by atoms with E-state index in [1.807, 2.05) is 41.3 Å². The lowest BCUT2D eigenvalue weighted by molar-refractivity contribution is -0.115. The van der Waals surface area contributed by atoms with Gasteiger partial charge in [-0.25, -0.2) is 0 Å². The van der Waals surface area contributed by atoms with Crippen LogP contribution < -0.4 is 4.90 Å². The first-order chi connectivity index (χ1) is 11.4. The van der Waals surface area contributed by atoms with Crippen LogP contribution in [-0.4, -0.2) is 11.4 Å². The predicted octanol–water partition coefficient (Wildman–Crippen LogP) is 5.33. The number of hydrogen-bond acceptors (Lipinski definition) is 1. The number of anilines is 1. The Kier molecular flexibility index (Phi) is 4.31. The van der Waals surface area contributed by atoms with Crippen LogP contribution in [0.1, 0.15) is 49.8 Å². The molecular formula is C22H25NO. The molecule has 1 atom stereocenters. The van der Waals surface area contributed by atoms with E-state index in [4.69, 9.17) is 0 Å². The number of fused-ring (bicyclic) bond motifs is 1.